The molecule has 1 heterocycles. The number of hydrogen-bond donors (Lipinski definition) is 1. The van der Waals surface area contributed by atoms with Gasteiger partial charge in [-0.3, -0.25) is 4.79 Å². The monoisotopic (exact) mass is 135 g/mol. The lowest BCUT2D eigenvalue weighted by Crippen LogP contribution is -2.27. The second-order valence-electron chi connectivity index (χ2n) is 1.12. The summed E-state index contributed by atoms with van der Waals surface area (Å²) in [5, 5.41) is 2.69. The second-order valence-corrected chi connectivity index (χ2v) is 3.59. The van der Waals surface area contributed by atoms with Crippen molar-refractivity contribution in [1.29, 1.82) is 0 Å². The molecule has 0 spiro atoms. The molecule has 0 unspecified atom stereocenters. The van der Waals surface area contributed by atoms with Gasteiger partial charge in [0.1, 0.15) is 0 Å². The van der Waals surface area contributed by atoms with Crippen LogP contribution in [0.2, 0.25) is 0 Å². The molecule has 0 aromatic rings. The van der Waals surface area contributed by atoms with Gasteiger partial charge in [0.15, 0.2) is 0 Å². The fourth-order valence-corrected chi connectivity index (χ4v) is 1.89. The fraction of sp³-hybridized carbons (Fsp3) is 0.667. The minimum atomic E-state index is 0.156. The minimum Gasteiger partial charge on any atom is -0.345 e. The van der Waals surface area contributed by atoms with Gasteiger partial charge in [-0.1, -0.05) is 21.6 Å². The van der Waals surface area contributed by atoms with Gasteiger partial charge in [0, 0.05) is 0 Å². The van der Waals surface area contributed by atoms with Gasteiger partial charge in [-0.05, 0) is 0 Å². The van der Waals surface area contributed by atoms with Crippen LogP contribution in [0.3, 0.4) is 0 Å². The summed E-state index contributed by atoms with van der Waals surface area (Å²) in [7, 11) is 3.29. The van der Waals surface area contributed by atoms with E-state index in [4.69, 9.17) is 0 Å². The Balaban J connectivity index is 2.25. The van der Waals surface area contributed by atoms with Crippen LogP contribution in [-0.2, 0) is 4.79 Å². The third-order valence-corrected chi connectivity index (χ3v) is 2.62. The molecule has 4 heteroatoms. The summed E-state index contributed by atoms with van der Waals surface area (Å²) in [5.41, 5.74) is 0. The molecular formula is C3H5NOS2. The summed E-state index contributed by atoms with van der Waals surface area (Å²) in [6.45, 7) is 0. The van der Waals surface area contributed by atoms with Crippen molar-refractivity contribution in [2.24, 2.45) is 0 Å². The molecule has 0 aliphatic carbocycles. The van der Waals surface area contributed by atoms with E-state index in [-0.39, 0.29) is 5.91 Å². The highest BCUT2D eigenvalue weighted by Gasteiger charge is 2.05. The van der Waals surface area contributed by atoms with Crippen LogP contribution in [0.5, 0.6) is 0 Å². The first-order valence-corrected chi connectivity index (χ1v) is 4.39. The number of hydrogen-bond acceptors (Lipinski definition) is 3. The standard InChI is InChI=1S/C3H5NOS2/c5-3-1-6-7-2-4-3/h1-2H2,(H,4,5). The summed E-state index contributed by atoms with van der Waals surface area (Å²) in [5.74, 6) is 1.54. The first-order chi connectivity index (χ1) is 3.39. The van der Waals surface area contributed by atoms with Gasteiger partial charge in [0.25, 0.3) is 0 Å². The molecule has 1 rings (SSSR count). The van der Waals surface area contributed by atoms with E-state index in [1.54, 1.807) is 21.6 Å². The summed E-state index contributed by atoms with van der Waals surface area (Å²) < 4.78 is 0. The number of carbonyl (C=O) groups excluding carboxylic acids is 1. The van der Waals surface area contributed by atoms with Gasteiger partial charge in [-0.15, -0.1) is 0 Å². The summed E-state index contributed by atoms with van der Waals surface area (Å²) in [6, 6.07) is 0. The van der Waals surface area contributed by atoms with Crippen molar-refractivity contribution in [3.8, 4) is 0 Å². The van der Waals surface area contributed by atoms with Gasteiger partial charge < -0.3 is 5.32 Å². The molecule has 0 aromatic carbocycles. The Morgan fingerprint density at radius 1 is 1.57 bits per heavy atom. The maximum atomic E-state index is 10.3. The third-order valence-electron chi connectivity index (χ3n) is 0.602. The van der Waals surface area contributed by atoms with Crippen LogP contribution in [-0.4, -0.2) is 17.5 Å². The predicted octanol–water partition coefficient (Wildman–Crippen LogP) is 0.455. The number of nitrogens with one attached hydrogen (secondary N) is 1. The maximum absolute atomic E-state index is 10.3. The molecular weight excluding hydrogens is 130 g/mol. The van der Waals surface area contributed by atoms with Crippen LogP contribution < -0.4 is 5.32 Å². The summed E-state index contributed by atoms with van der Waals surface area (Å²) in [6.07, 6.45) is 0. The molecule has 1 saturated heterocycles. The smallest absolute Gasteiger partial charge is 0.231 e. The molecule has 2 nitrogen and oxygen atoms in total. The lowest BCUT2D eigenvalue weighted by molar-refractivity contribution is -0.118. The van der Waals surface area contributed by atoms with E-state index in [1.165, 1.54) is 0 Å². The third kappa shape index (κ3) is 1.61. The van der Waals surface area contributed by atoms with Crippen molar-refractivity contribution >= 4 is 27.5 Å². The molecule has 0 atom stereocenters. The SMILES string of the molecule is O=C1CSSCN1. The van der Waals surface area contributed by atoms with Crippen LogP contribution in [0.15, 0.2) is 0 Å². The van der Waals surface area contributed by atoms with Gasteiger partial charge in [0.05, 0.1) is 11.6 Å². The van der Waals surface area contributed by atoms with E-state index in [0.29, 0.717) is 5.75 Å². The van der Waals surface area contributed by atoms with Crippen molar-refractivity contribution < 1.29 is 4.79 Å². The van der Waals surface area contributed by atoms with Gasteiger partial charge >= 0.3 is 0 Å². The quantitative estimate of drug-likeness (QED) is 0.489. The van der Waals surface area contributed by atoms with E-state index in [0.717, 1.165) is 5.88 Å². The zero-order chi connectivity index (χ0) is 5.11. The number of carbonyl (C=O) groups is 1. The van der Waals surface area contributed by atoms with Gasteiger partial charge in [-0.2, -0.15) is 0 Å². The number of amides is 1. The van der Waals surface area contributed by atoms with Crippen molar-refractivity contribution in [1.82, 2.24) is 5.32 Å². The molecule has 1 aliphatic rings. The molecule has 0 aromatic heterocycles. The zero-order valence-corrected chi connectivity index (χ0v) is 5.27. The normalized spacial score (nSPS) is 21.4. The Hall–Kier alpha value is 0.170. The average Bonchev–Trinajstić information content (AvgIpc) is 1.69. The van der Waals surface area contributed by atoms with E-state index in [1.807, 2.05) is 0 Å². The molecule has 7 heavy (non-hydrogen) atoms. The van der Waals surface area contributed by atoms with Crippen LogP contribution in [0.1, 0.15) is 0 Å². The van der Waals surface area contributed by atoms with Crippen LogP contribution in [0.25, 0.3) is 0 Å². The molecule has 1 aliphatic heterocycles. The Kier molecular flexibility index (Phi) is 1.87. The first kappa shape index (κ1) is 5.31. The van der Waals surface area contributed by atoms with Crippen molar-refractivity contribution in [3.05, 3.63) is 0 Å². The molecule has 1 N–H and O–H groups in total. The molecule has 0 saturated carbocycles. The molecule has 0 bridgehead atoms. The fourth-order valence-electron chi connectivity index (χ4n) is 0.298. The first-order valence-electron chi connectivity index (χ1n) is 1.91. The zero-order valence-electron chi connectivity index (χ0n) is 3.64. The van der Waals surface area contributed by atoms with Crippen LogP contribution in [0.4, 0.5) is 0 Å². The highest BCUT2D eigenvalue weighted by molar-refractivity contribution is 8.77. The number of rotatable bonds is 0. The summed E-state index contributed by atoms with van der Waals surface area (Å²) >= 11 is 0. The van der Waals surface area contributed by atoms with Gasteiger partial charge in [0.2, 0.25) is 5.91 Å². The summed E-state index contributed by atoms with van der Waals surface area (Å²) in [4.78, 5) is 10.3. The predicted molar refractivity (Wildman–Crippen MR) is 33.1 cm³/mol. The average molecular weight is 135 g/mol. The lowest BCUT2D eigenvalue weighted by atomic mass is 10.7. The molecule has 1 fully saturated rings. The Morgan fingerprint density at radius 3 is 2.71 bits per heavy atom. The Labute approximate surface area is 49.8 Å². The van der Waals surface area contributed by atoms with E-state index >= 15 is 0 Å². The molecule has 1 amide bonds. The second kappa shape index (κ2) is 2.47. The van der Waals surface area contributed by atoms with Crippen LogP contribution in [0, 0.1) is 0 Å². The van der Waals surface area contributed by atoms with Crippen molar-refractivity contribution in [3.63, 3.8) is 0 Å². The highest BCUT2D eigenvalue weighted by atomic mass is 33.1. The van der Waals surface area contributed by atoms with E-state index in [2.05, 4.69) is 5.32 Å². The van der Waals surface area contributed by atoms with E-state index < -0.39 is 0 Å². The lowest BCUT2D eigenvalue weighted by Gasteiger charge is -2.07. The minimum absolute atomic E-state index is 0.156. The molecule has 0 radical (unpaired) electrons. The van der Waals surface area contributed by atoms with Crippen molar-refractivity contribution in [2.75, 3.05) is 11.6 Å². The van der Waals surface area contributed by atoms with Crippen LogP contribution >= 0.6 is 21.6 Å². The Morgan fingerprint density at radius 2 is 2.43 bits per heavy atom. The maximum Gasteiger partial charge on any atom is 0.231 e. The van der Waals surface area contributed by atoms with Crippen molar-refractivity contribution in [2.45, 2.75) is 0 Å². The molecule has 40 valence electrons. The topological polar surface area (TPSA) is 29.1 Å². The Bertz CT molecular complexity index is 77.0. The largest absolute Gasteiger partial charge is 0.345 e. The highest BCUT2D eigenvalue weighted by Crippen LogP contribution is 2.21. The van der Waals surface area contributed by atoms with E-state index in [9.17, 15) is 4.79 Å². The van der Waals surface area contributed by atoms with Gasteiger partial charge in [-0.25, -0.2) is 0 Å².